The third-order valence-corrected chi connectivity index (χ3v) is 13.5. The van der Waals surface area contributed by atoms with Gasteiger partial charge in [0, 0.05) is 50.5 Å². The van der Waals surface area contributed by atoms with E-state index in [4.69, 9.17) is 28.3 Å². The van der Waals surface area contributed by atoms with Crippen LogP contribution in [0.15, 0.2) is 72.2 Å². The highest BCUT2D eigenvalue weighted by Crippen LogP contribution is 2.38. The van der Waals surface area contributed by atoms with Gasteiger partial charge in [0.1, 0.15) is 23.4 Å². The predicted octanol–water partition coefficient (Wildman–Crippen LogP) is 8.44. The Balaban J connectivity index is 0.856. The fourth-order valence-corrected chi connectivity index (χ4v) is 9.66. The summed E-state index contributed by atoms with van der Waals surface area (Å²) in [7, 11) is 0. The average Bonchev–Trinajstić information content (AvgIpc) is 3.96. The maximum Gasteiger partial charge on any atom is 0.259 e. The standard InChI is InChI=1S/C51H63N7O7S2/c1-33-28-38(21-24-41(33)52-8)57-48(63)51(6,7)58(49(57)66)37-19-22-40(23-20-37)65-27-12-9-11-25-64-26-13-10-14-43(60)55-45(50(3,4)5)47(62)56-31-39(59)29-42(56)46(61)53-30-35-15-17-36(18-16-35)44-34(2)54-32-67-44/h15-24,28,32,39,42,45,59H,9-14,25-27,29-31H2,1-7H3,(H,53,61)(H,55,60)/t39-,42+,45-/m1/s1. The number of amides is 4. The Labute approximate surface area is 403 Å². The first kappa shape index (κ1) is 50.7. The van der Waals surface area contributed by atoms with E-state index in [1.807, 2.05) is 113 Å². The molecule has 0 saturated carbocycles. The number of hydrogen-bond acceptors (Lipinski definition) is 10. The van der Waals surface area contributed by atoms with E-state index in [1.165, 1.54) is 9.80 Å². The van der Waals surface area contributed by atoms with E-state index in [0.29, 0.717) is 49.1 Å². The Morgan fingerprint density at radius 3 is 2.28 bits per heavy atom. The number of nitrogens with one attached hydrogen (secondary N) is 2. The monoisotopic (exact) mass is 949 g/mol. The van der Waals surface area contributed by atoms with Crippen molar-refractivity contribution in [2.45, 2.75) is 124 Å². The SMILES string of the molecule is [C-]#[N+]c1ccc(N2C(=O)C(C)(C)N(c3ccc(OCCCCCOCCCCC(=O)N[C@H](C(=O)N4C[C@H](O)C[C@H]4C(=O)NCc4ccc(-c5scnc5C)cc4)C(C)(C)C)cc3)C2=S)cc1C. The minimum atomic E-state index is -0.911. The van der Waals surface area contributed by atoms with Crippen LogP contribution in [-0.2, 0) is 30.5 Å². The van der Waals surface area contributed by atoms with E-state index < -0.39 is 29.1 Å². The second-order valence-corrected chi connectivity index (χ2v) is 20.0. The van der Waals surface area contributed by atoms with Gasteiger partial charge >= 0.3 is 0 Å². The maximum absolute atomic E-state index is 14.0. The number of thiazole rings is 1. The number of rotatable bonds is 20. The van der Waals surface area contributed by atoms with Gasteiger partial charge in [0.25, 0.3) is 5.91 Å². The Kier molecular flexibility index (Phi) is 16.9. The normalized spacial score (nSPS) is 17.4. The molecule has 67 heavy (non-hydrogen) atoms. The molecule has 2 aliphatic rings. The van der Waals surface area contributed by atoms with Gasteiger partial charge in [-0.3, -0.25) is 24.1 Å². The summed E-state index contributed by atoms with van der Waals surface area (Å²) in [5, 5.41) is 16.8. The Morgan fingerprint density at radius 1 is 0.970 bits per heavy atom. The number of aromatic nitrogens is 1. The van der Waals surface area contributed by atoms with Crippen LogP contribution in [0.25, 0.3) is 15.3 Å². The lowest BCUT2D eigenvalue weighted by atomic mass is 9.85. The smallest absolute Gasteiger partial charge is 0.259 e. The summed E-state index contributed by atoms with van der Waals surface area (Å²) in [6, 6.07) is 19.0. The highest BCUT2D eigenvalue weighted by molar-refractivity contribution is 7.81. The molecule has 4 amide bonds. The molecule has 1 aromatic heterocycles. The van der Waals surface area contributed by atoms with E-state index in [0.717, 1.165) is 58.0 Å². The number of carbonyl (C=O) groups excluding carboxylic acids is 4. The molecule has 3 N–H and O–H groups in total. The fraction of sp³-hybridized carbons (Fsp3) is 0.471. The third kappa shape index (κ3) is 12.4. The molecule has 0 radical (unpaired) electrons. The lowest BCUT2D eigenvalue weighted by Crippen LogP contribution is -2.57. The minimum Gasteiger partial charge on any atom is -0.494 e. The molecule has 3 heterocycles. The van der Waals surface area contributed by atoms with Crippen LogP contribution >= 0.6 is 23.6 Å². The van der Waals surface area contributed by atoms with Crippen molar-refractivity contribution in [1.82, 2.24) is 20.5 Å². The lowest BCUT2D eigenvalue weighted by molar-refractivity contribution is -0.144. The molecular formula is C51H63N7O7S2. The topological polar surface area (TPSA) is 158 Å². The summed E-state index contributed by atoms with van der Waals surface area (Å²) < 4.78 is 11.8. The van der Waals surface area contributed by atoms with Crippen molar-refractivity contribution in [1.29, 1.82) is 0 Å². The van der Waals surface area contributed by atoms with Crippen molar-refractivity contribution in [3.05, 3.63) is 100 Å². The van der Waals surface area contributed by atoms with E-state index >= 15 is 0 Å². The third-order valence-electron chi connectivity index (χ3n) is 12.2. The molecular weight excluding hydrogens is 887 g/mol. The highest BCUT2D eigenvalue weighted by atomic mass is 32.1. The van der Waals surface area contributed by atoms with E-state index in [2.05, 4.69) is 20.5 Å². The first-order valence-corrected chi connectivity index (χ1v) is 24.2. The van der Waals surface area contributed by atoms with Crippen LogP contribution in [0.5, 0.6) is 5.75 Å². The first-order valence-electron chi connectivity index (χ1n) is 22.9. The van der Waals surface area contributed by atoms with Gasteiger partial charge in [-0.15, -0.1) is 11.3 Å². The predicted molar refractivity (Wildman–Crippen MR) is 266 cm³/mol. The Bertz CT molecular complexity index is 2440. The zero-order chi connectivity index (χ0) is 48.5. The largest absolute Gasteiger partial charge is 0.494 e. The number of anilines is 2. The molecule has 2 aliphatic heterocycles. The van der Waals surface area contributed by atoms with E-state index in [9.17, 15) is 24.3 Å². The number of unbranched alkanes of at least 4 members (excludes halogenated alkanes) is 3. The lowest BCUT2D eigenvalue weighted by Gasteiger charge is -2.35. The van der Waals surface area contributed by atoms with Crippen LogP contribution in [0.1, 0.15) is 96.4 Å². The van der Waals surface area contributed by atoms with E-state index in [-0.39, 0.29) is 49.6 Å². The van der Waals surface area contributed by atoms with Gasteiger partial charge in [-0.2, -0.15) is 0 Å². The molecule has 2 fully saturated rings. The Morgan fingerprint density at radius 2 is 1.64 bits per heavy atom. The number of aliphatic hydroxyl groups is 1. The number of carbonyl (C=O) groups is 4. The number of nitrogens with zero attached hydrogens (tertiary/aromatic N) is 5. The Hall–Kier alpha value is -5.73. The summed E-state index contributed by atoms with van der Waals surface area (Å²) in [5.41, 5.74) is 5.94. The van der Waals surface area contributed by atoms with Gasteiger partial charge in [-0.1, -0.05) is 51.1 Å². The van der Waals surface area contributed by atoms with Crippen LogP contribution < -0.4 is 25.2 Å². The molecule has 2 saturated heterocycles. The molecule has 3 aromatic carbocycles. The molecule has 16 heteroatoms. The number of ether oxygens (including phenoxy) is 2. The van der Waals surface area contributed by atoms with Crippen molar-refractivity contribution >= 4 is 69.4 Å². The van der Waals surface area contributed by atoms with Crippen molar-refractivity contribution in [2.75, 3.05) is 36.2 Å². The molecule has 0 spiro atoms. The molecule has 0 unspecified atom stereocenters. The van der Waals surface area contributed by atoms with Crippen molar-refractivity contribution in [2.24, 2.45) is 5.41 Å². The average molecular weight is 950 g/mol. The number of aryl methyl sites for hydroxylation is 2. The first-order chi connectivity index (χ1) is 31.9. The quantitative estimate of drug-likeness (QED) is 0.0446. The summed E-state index contributed by atoms with van der Waals surface area (Å²) in [6.45, 7) is 22.4. The molecule has 0 aliphatic carbocycles. The van der Waals surface area contributed by atoms with Crippen molar-refractivity contribution in [3.8, 4) is 16.2 Å². The number of likely N-dealkylation sites (tertiary alicyclic amines) is 1. The van der Waals surface area contributed by atoms with Crippen LogP contribution in [0.3, 0.4) is 0 Å². The summed E-state index contributed by atoms with van der Waals surface area (Å²) in [5.74, 6) is -0.402. The zero-order valence-corrected chi connectivity index (χ0v) is 41.2. The van der Waals surface area contributed by atoms with Gasteiger partial charge < -0.3 is 35.0 Å². The second-order valence-electron chi connectivity index (χ2n) is 18.8. The van der Waals surface area contributed by atoms with Gasteiger partial charge in [0.15, 0.2) is 10.8 Å². The van der Waals surface area contributed by atoms with Crippen molar-refractivity contribution < 1.29 is 33.8 Å². The van der Waals surface area contributed by atoms with Gasteiger partial charge in [0.2, 0.25) is 17.7 Å². The number of thiocarbonyl (C=S) groups is 1. The maximum atomic E-state index is 14.0. The number of aliphatic hydroxyl groups excluding tert-OH is 1. The van der Waals surface area contributed by atoms with E-state index in [1.54, 1.807) is 23.5 Å². The molecule has 14 nitrogen and oxygen atoms in total. The van der Waals surface area contributed by atoms with Gasteiger partial charge in [0.05, 0.1) is 35.4 Å². The zero-order valence-electron chi connectivity index (χ0n) is 39.6. The molecule has 3 atom stereocenters. The van der Waals surface area contributed by atoms with Crippen LogP contribution in [0, 0.1) is 25.8 Å². The number of hydrogen-bond donors (Lipinski definition) is 3. The van der Waals surface area contributed by atoms with Crippen LogP contribution in [-0.4, -0.2) is 93.8 Å². The minimum absolute atomic E-state index is 0.0166. The van der Waals surface area contributed by atoms with Crippen LogP contribution in [0.4, 0.5) is 17.1 Å². The van der Waals surface area contributed by atoms with Crippen molar-refractivity contribution in [3.63, 3.8) is 0 Å². The van der Waals surface area contributed by atoms with Crippen LogP contribution in [0.2, 0.25) is 0 Å². The number of β-amino-alcohol motifs (C(OH)–C–C–N with tert-alkyl or cyclic N) is 1. The second kappa shape index (κ2) is 22.4. The molecule has 356 valence electrons. The van der Waals surface area contributed by atoms with Gasteiger partial charge in [-0.05, 0) is 131 Å². The number of benzene rings is 3. The highest BCUT2D eigenvalue weighted by Gasteiger charge is 2.50. The molecule has 6 rings (SSSR count). The summed E-state index contributed by atoms with van der Waals surface area (Å²) in [4.78, 5) is 67.9. The molecule has 0 bridgehead atoms. The summed E-state index contributed by atoms with van der Waals surface area (Å²) >= 11 is 7.40. The summed E-state index contributed by atoms with van der Waals surface area (Å²) in [6.07, 6.45) is 3.43. The fourth-order valence-electron chi connectivity index (χ4n) is 8.33. The van der Waals surface area contributed by atoms with Gasteiger partial charge in [-0.25, -0.2) is 9.83 Å². The molecule has 4 aromatic rings.